The molecule has 6 heteroatoms. The van der Waals surface area contributed by atoms with Gasteiger partial charge in [0.2, 0.25) is 0 Å². The number of aromatic nitrogens is 3. The molecule has 1 fully saturated rings. The maximum Gasteiger partial charge on any atom is 0.154 e. The zero-order valence-electron chi connectivity index (χ0n) is 21.7. The Hall–Kier alpha value is -4.32. The number of nitrogens with one attached hydrogen (secondary N) is 1. The van der Waals surface area contributed by atoms with Crippen LogP contribution in [0.1, 0.15) is 51.3 Å². The van der Waals surface area contributed by atoms with Gasteiger partial charge in [-0.2, -0.15) is 0 Å². The number of hydrogen-bond donors (Lipinski definition) is 3. The molecule has 0 amide bonds. The predicted octanol–water partition coefficient (Wildman–Crippen LogP) is 6.90. The molecule has 0 saturated heterocycles. The monoisotopic (exact) mass is 490 g/mol. The minimum Gasteiger partial charge on any atom is -0.405 e. The fourth-order valence-electron chi connectivity index (χ4n) is 5.23. The van der Waals surface area contributed by atoms with Crippen molar-refractivity contribution < 1.29 is 0 Å². The molecule has 0 radical (unpaired) electrons. The summed E-state index contributed by atoms with van der Waals surface area (Å²) in [7, 11) is 0. The number of anilines is 2. The number of pyridine rings is 1. The van der Waals surface area contributed by atoms with Crippen molar-refractivity contribution >= 4 is 17.1 Å². The number of rotatable bonds is 4. The van der Waals surface area contributed by atoms with Crippen molar-refractivity contribution in [2.45, 2.75) is 45.4 Å². The molecule has 188 valence electrons. The van der Waals surface area contributed by atoms with E-state index in [1.54, 1.807) is 18.5 Å². The molecule has 2 aromatic heterocycles. The van der Waals surface area contributed by atoms with Gasteiger partial charge >= 0.3 is 0 Å². The molecule has 1 aliphatic heterocycles. The summed E-state index contributed by atoms with van der Waals surface area (Å²) in [5.41, 5.74) is 19.9. The van der Waals surface area contributed by atoms with Crippen molar-refractivity contribution in [1.29, 1.82) is 0 Å². The number of hydrogen-bond acceptors (Lipinski definition) is 5. The van der Waals surface area contributed by atoms with E-state index in [9.17, 15) is 0 Å². The topological polar surface area (TPSA) is 94.8 Å². The highest BCUT2D eigenvalue weighted by atomic mass is 15.2. The quantitative estimate of drug-likeness (QED) is 0.238. The third-order valence-electron chi connectivity index (χ3n) is 7.37. The first-order chi connectivity index (χ1) is 18.1. The lowest BCUT2D eigenvalue weighted by Gasteiger charge is -2.39. The molecule has 0 unspecified atom stereocenters. The summed E-state index contributed by atoms with van der Waals surface area (Å²) in [6.07, 6.45) is 10.4. The van der Waals surface area contributed by atoms with Crippen molar-refractivity contribution in [2.24, 2.45) is 11.5 Å². The summed E-state index contributed by atoms with van der Waals surface area (Å²) in [6, 6.07) is 21.1. The van der Waals surface area contributed by atoms with E-state index in [4.69, 9.17) is 16.5 Å². The molecule has 2 aromatic carbocycles. The van der Waals surface area contributed by atoms with Crippen LogP contribution in [0.3, 0.4) is 0 Å². The van der Waals surface area contributed by atoms with Gasteiger partial charge in [0, 0.05) is 29.1 Å². The largest absolute Gasteiger partial charge is 0.405 e. The average Bonchev–Trinajstić information content (AvgIpc) is 3.26. The Morgan fingerprint density at radius 3 is 2.43 bits per heavy atom. The second-order valence-corrected chi connectivity index (χ2v) is 9.48. The Balaban J connectivity index is 0.00000137. The van der Waals surface area contributed by atoms with E-state index in [2.05, 4.69) is 58.2 Å². The van der Waals surface area contributed by atoms with E-state index in [0.717, 1.165) is 51.1 Å². The van der Waals surface area contributed by atoms with Crippen LogP contribution >= 0.6 is 0 Å². The number of allylic oxidation sites excluding steroid dienone is 2. The van der Waals surface area contributed by atoms with E-state index in [1.807, 2.05) is 38.1 Å². The number of nitrogens with zero attached hydrogens (tertiary/aromatic N) is 3. The number of benzene rings is 2. The predicted molar refractivity (Wildman–Crippen MR) is 154 cm³/mol. The molecule has 4 aromatic rings. The molecule has 0 atom stereocenters. The zero-order chi connectivity index (χ0) is 26.0. The molecule has 6 nitrogen and oxygen atoms in total. The van der Waals surface area contributed by atoms with Crippen molar-refractivity contribution in [2.75, 3.05) is 5.32 Å². The van der Waals surface area contributed by atoms with Crippen LogP contribution in [0.5, 0.6) is 0 Å². The minimum atomic E-state index is 0.277. The SMILES string of the molecule is CC.CC1(c2ccc(-c3c(C(/C=C\N)=C/N)nc4n3-c3cccnc3Nc3ccccc3-4)cc2)CCC1. The number of fused-ring (bicyclic) bond motifs is 5. The Kier molecular flexibility index (Phi) is 6.57. The molecule has 1 saturated carbocycles. The summed E-state index contributed by atoms with van der Waals surface area (Å²) in [5.74, 6) is 1.60. The molecule has 5 N–H and O–H groups in total. The van der Waals surface area contributed by atoms with Crippen LogP contribution in [0.15, 0.2) is 85.3 Å². The highest BCUT2D eigenvalue weighted by Gasteiger charge is 2.34. The first-order valence-corrected chi connectivity index (χ1v) is 13.0. The van der Waals surface area contributed by atoms with Crippen molar-refractivity contribution in [3.63, 3.8) is 0 Å². The minimum absolute atomic E-state index is 0.277. The maximum absolute atomic E-state index is 6.08. The molecule has 1 aliphatic carbocycles. The van der Waals surface area contributed by atoms with Gasteiger partial charge in [0.15, 0.2) is 5.82 Å². The highest BCUT2D eigenvalue weighted by molar-refractivity contribution is 5.91. The number of imidazole rings is 1. The van der Waals surface area contributed by atoms with Crippen LogP contribution < -0.4 is 16.8 Å². The number of nitrogens with two attached hydrogens (primary N) is 2. The lowest BCUT2D eigenvalue weighted by atomic mass is 9.66. The summed E-state index contributed by atoms with van der Waals surface area (Å²) in [4.78, 5) is 9.81. The van der Waals surface area contributed by atoms with Crippen LogP contribution in [0.2, 0.25) is 0 Å². The Labute approximate surface area is 218 Å². The van der Waals surface area contributed by atoms with Gasteiger partial charge in [-0.05, 0) is 60.4 Å². The fourth-order valence-corrected chi connectivity index (χ4v) is 5.23. The maximum atomic E-state index is 6.08. The zero-order valence-corrected chi connectivity index (χ0v) is 21.7. The van der Waals surface area contributed by atoms with Gasteiger partial charge in [-0.25, -0.2) is 9.97 Å². The Bertz CT molecular complexity index is 1470. The van der Waals surface area contributed by atoms with Crippen LogP contribution in [0.4, 0.5) is 11.5 Å². The van der Waals surface area contributed by atoms with Gasteiger partial charge in [0.25, 0.3) is 0 Å². The summed E-state index contributed by atoms with van der Waals surface area (Å²) >= 11 is 0. The van der Waals surface area contributed by atoms with Crippen LogP contribution in [0, 0.1) is 0 Å². The average molecular weight is 491 g/mol. The van der Waals surface area contributed by atoms with Crippen LogP contribution in [-0.4, -0.2) is 14.5 Å². The van der Waals surface area contributed by atoms with E-state index in [1.165, 1.54) is 31.0 Å². The highest BCUT2D eigenvalue weighted by Crippen LogP contribution is 2.45. The first-order valence-electron chi connectivity index (χ1n) is 13.0. The van der Waals surface area contributed by atoms with Crippen LogP contribution in [-0.2, 0) is 5.41 Å². The second kappa shape index (κ2) is 9.97. The Morgan fingerprint density at radius 2 is 1.76 bits per heavy atom. The molecule has 6 rings (SSSR count). The van der Waals surface area contributed by atoms with Crippen molar-refractivity contribution in [1.82, 2.24) is 14.5 Å². The van der Waals surface area contributed by atoms with Crippen molar-refractivity contribution in [3.05, 3.63) is 96.6 Å². The van der Waals surface area contributed by atoms with Crippen molar-refractivity contribution in [3.8, 4) is 28.3 Å². The molecular weight excluding hydrogens is 456 g/mol. The summed E-state index contributed by atoms with van der Waals surface area (Å²) in [5, 5.41) is 3.50. The third kappa shape index (κ3) is 4.08. The second-order valence-electron chi connectivity index (χ2n) is 9.48. The molecule has 3 heterocycles. The van der Waals surface area contributed by atoms with Crippen LogP contribution in [0.25, 0.3) is 33.9 Å². The van der Waals surface area contributed by atoms with Gasteiger partial charge in [0.05, 0.1) is 22.8 Å². The van der Waals surface area contributed by atoms with Gasteiger partial charge in [0.1, 0.15) is 5.82 Å². The smallest absolute Gasteiger partial charge is 0.154 e. The molecule has 0 bridgehead atoms. The summed E-state index contributed by atoms with van der Waals surface area (Å²) < 4.78 is 2.18. The van der Waals surface area contributed by atoms with Gasteiger partial charge < -0.3 is 16.8 Å². The first kappa shape index (κ1) is 24.4. The third-order valence-corrected chi connectivity index (χ3v) is 7.37. The van der Waals surface area contributed by atoms with Gasteiger partial charge in [-0.15, -0.1) is 0 Å². The van der Waals surface area contributed by atoms with Gasteiger partial charge in [-0.3, -0.25) is 4.57 Å². The number of para-hydroxylation sites is 1. The van der Waals surface area contributed by atoms with E-state index >= 15 is 0 Å². The summed E-state index contributed by atoms with van der Waals surface area (Å²) in [6.45, 7) is 6.35. The Morgan fingerprint density at radius 1 is 1.00 bits per heavy atom. The fraction of sp³-hybridized carbons (Fsp3) is 0.226. The van der Waals surface area contributed by atoms with E-state index < -0.39 is 0 Å². The van der Waals surface area contributed by atoms with E-state index in [0.29, 0.717) is 0 Å². The van der Waals surface area contributed by atoms with E-state index in [-0.39, 0.29) is 5.41 Å². The lowest BCUT2D eigenvalue weighted by molar-refractivity contribution is 0.272. The standard InChI is InChI=1S/C29H28N6.C2H6/c1-29(14-5-15-29)21-11-9-19(10-12-21)26-25(20(18-31)13-16-30)34-28-22-6-2-3-7-23(22)33-27-24(35(26)28)8-4-17-32-27;1-2/h2-4,6-13,16-18H,5,14-15,30-31H2,1H3,(H,32,33);1-2H3/b16-13-,20-18+;. The molecule has 2 aliphatic rings. The molecular formula is C31H34N6. The van der Waals surface area contributed by atoms with Gasteiger partial charge in [-0.1, -0.05) is 63.6 Å². The lowest BCUT2D eigenvalue weighted by Crippen LogP contribution is -2.30. The molecule has 37 heavy (non-hydrogen) atoms. The molecule has 0 spiro atoms. The normalized spacial score (nSPS) is 15.3.